The molecule has 1 saturated heterocycles. The third-order valence-corrected chi connectivity index (χ3v) is 4.08. The van der Waals surface area contributed by atoms with Crippen molar-refractivity contribution in [3.63, 3.8) is 0 Å². The average molecular weight is 317 g/mol. The molecule has 4 atom stereocenters. The van der Waals surface area contributed by atoms with Crippen molar-refractivity contribution in [2.75, 3.05) is 7.11 Å². The van der Waals surface area contributed by atoms with Crippen molar-refractivity contribution in [3.8, 4) is 5.75 Å². The molecular formula is C16H19N3O4. The molecular weight excluding hydrogens is 298 g/mol. The zero-order valence-electron chi connectivity index (χ0n) is 13.2. The molecule has 1 aromatic carbocycles. The Morgan fingerprint density at radius 3 is 2.57 bits per heavy atom. The highest BCUT2D eigenvalue weighted by atomic mass is 16.8. The lowest BCUT2D eigenvalue weighted by Crippen LogP contribution is -2.45. The number of azide groups is 1. The van der Waals surface area contributed by atoms with Gasteiger partial charge in [0.25, 0.3) is 0 Å². The number of benzene rings is 1. The molecule has 0 unspecified atom stereocenters. The Hall–Kier alpha value is -2.05. The minimum Gasteiger partial charge on any atom is -0.497 e. The van der Waals surface area contributed by atoms with E-state index in [1.807, 2.05) is 24.3 Å². The van der Waals surface area contributed by atoms with Gasteiger partial charge < -0.3 is 19.3 Å². The van der Waals surface area contributed by atoms with Gasteiger partial charge in [0.15, 0.2) is 5.79 Å². The molecule has 0 saturated carbocycles. The van der Waals surface area contributed by atoms with Gasteiger partial charge in [0.1, 0.15) is 18.0 Å². The highest BCUT2D eigenvalue weighted by Gasteiger charge is 2.50. The maximum atomic E-state index is 10.4. The molecule has 1 fully saturated rings. The normalized spacial score (nSPS) is 31.7. The lowest BCUT2D eigenvalue weighted by molar-refractivity contribution is -0.152. The summed E-state index contributed by atoms with van der Waals surface area (Å²) in [5.74, 6) is -0.0649. The Morgan fingerprint density at radius 1 is 1.26 bits per heavy atom. The molecule has 3 rings (SSSR count). The van der Waals surface area contributed by atoms with Crippen LogP contribution in [0.4, 0.5) is 0 Å². The number of ether oxygens (including phenoxy) is 3. The van der Waals surface area contributed by atoms with Crippen LogP contribution >= 0.6 is 0 Å². The first-order chi connectivity index (χ1) is 10.9. The van der Waals surface area contributed by atoms with Crippen LogP contribution in [-0.2, 0) is 9.47 Å². The van der Waals surface area contributed by atoms with E-state index in [0.717, 1.165) is 16.9 Å². The van der Waals surface area contributed by atoms with Gasteiger partial charge >= 0.3 is 0 Å². The van der Waals surface area contributed by atoms with Gasteiger partial charge in [-0.2, -0.15) is 0 Å². The Morgan fingerprint density at radius 2 is 1.96 bits per heavy atom. The standard InChI is InChI=1S/C16H19N3O4/c1-16(2)22-14-11(9-4-6-10(21-3)7-5-9)8-12(18-19-17)13(20)15(14)23-16/h4-8,12-15,20H,1-3H3/t12-,13+,14+,15-/m0/s1. The van der Waals surface area contributed by atoms with Gasteiger partial charge in [-0.05, 0) is 42.6 Å². The summed E-state index contributed by atoms with van der Waals surface area (Å²) in [6, 6.07) is 6.80. The Labute approximate surface area is 134 Å². The van der Waals surface area contributed by atoms with Crippen molar-refractivity contribution in [3.05, 3.63) is 46.3 Å². The summed E-state index contributed by atoms with van der Waals surface area (Å²) in [6.07, 6.45) is -0.196. The van der Waals surface area contributed by atoms with Crippen molar-refractivity contribution in [1.82, 2.24) is 0 Å². The summed E-state index contributed by atoms with van der Waals surface area (Å²) >= 11 is 0. The number of rotatable bonds is 3. The smallest absolute Gasteiger partial charge is 0.164 e. The lowest BCUT2D eigenvalue weighted by Gasteiger charge is -2.32. The predicted molar refractivity (Wildman–Crippen MR) is 83.7 cm³/mol. The minimum atomic E-state index is -0.945. The lowest BCUT2D eigenvalue weighted by atomic mass is 9.85. The van der Waals surface area contributed by atoms with Gasteiger partial charge in [0.05, 0.1) is 19.3 Å². The number of hydrogen-bond donors (Lipinski definition) is 1. The van der Waals surface area contributed by atoms with E-state index in [1.165, 1.54) is 0 Å². The maximum Gasteiger partial charge on any atom is 0.164 e. The van der Waals surface area contributed by atoms with Crippen LogP contribution in [0.1, 0.15) is 19.4 Å². The van der Waals surface area contributed by atoms with E-state index in [1.54, 1.807) is 27.0 Å². The molecule has 1 N–H and O–H groups in total. The molecule has 23 heavy (non-hydrogen) atoms. The summed E-state index contributed by atoms with van der Waals surface area (Å²) in [5, 5.41) is 14.1. The summed E-state index contributed by atoms with van der Waals surface area (Å²) in [5.41, 5.74) is 10.5. The van der Waals surface area contributed by atoms with Crippen molar-refractivity contribution >= 4 is 5.57 Å². The van der Waals surface area contributed by atoms with E-state index in [4.69, 9.17) is 19.7 Å². The van der Waals surface area contributed by atoms with E-state index in [-0.39, 0.29) is 0 Å². The van der Waals surface area contributed by atoms with Crippen LogP contribution in [0.2, 0.25) is 0 Å². The number of fused-ring (bicyclic) bond motifs is 1. The molecule has 0 bridgehead atoms. The maximum absolute atomic E-state index is 10.4. The summed E-state index contributed by atoms with van der Waals surface area (Å²) in [6.45, 7) is 3.60. The van der Waals surface area contributed by atoms with Crippen LogP contribution in [0.3, 0.4) is 0 Å². The predicted octanol–water partition coefficient (Wildman–Crippen LogP) is 2.65. The van der Waals surface area contributed by atoms with E-state index < -0.39 is 30.1 Å². The van der Waals surface area contributed by atoms with E-state index >= 15 is 0 Å². The second-order valence-corrected chi connectivity index (χ2v) is 6.06. The van der Waals surface area contributed by atoms with Gasteiger partial charge in [-0.3, -0.25) is 0 Å². The summed E-state index contributed by atoms with van der Waals surface area (Å²) < 4.78 is 16.9. The molecule has 1 aliphatic heterocycles. The largest absolute Gasteiger partial charge is 0.497 e. The van der Waals surface area contributed by atoms with Crippen molar-refractivity contribution in [2.24, 2.45) is 5.11 Å². The molecule has 1 aliphatic carbocycles. The van der Waals surface area contributed by atoms with E-state index in [2.05, 4.69) is 10.0 Å². The Bertz CT molecular complexity index is 664. The van der Waals surface area contributed by atoms with E-state index in [9.17, 15) is 5.11 Å². The molecule has 2 aliphatic rings. The molecule has 0 radical (unpaired) electrons. The monoisotopic (exact) mass is 317 g/mol. The SMILES string of the molecule is COc1ccc(C2=C[C@H](N=[N+]=[N-])[C@@H](O)[C@@H]3OC(C)(C)O[C@H]23)cc1. The quantitative estimate of drug-likeness (QED) is 0.526. The zero-order valence-corrected chi connectivity index (χ0v) is 13.2. The average Bonchev–Trinajstić information content (AvgIpc) is 2.86. The Kier molecular flexibility index (Phi) is 4.04. The summed E-state index contributed by atoms with van der Waals surface area (Å²) in [7, 11) is 1.61. The Balaban J connectivity index is 2.03. The molecule has 0 aromatic heterocycles. The van der Waals surface area contributed by atoms with Crippen LogP contribution in [0, 0.1) is 0 Å². The van der Waals surface area contributed by atoms with Gasteiger partial charge in [-0.25, -0.2) is 0 Å². The molecule has 0 spiro atoms. The summed E-state index contributed by atoms with van der Waals surface area (Å²) in [4.78, 5) is 2.82. The van der Waals surface area contributed by atoms with Gasteiger partial charge in [0, 0.05) is 4.91 Å². The first-order valence-corrected chi connectivity index (χ1v) is 7.39. The second kappa shape index (κ2) is 5.86. The highest BCUT2D eigenvalue weighted by molar-refractivity contribution is 5.72. The van der Waals surface area contributed by atoms with Crippen molar-refractivity contribution in [1.29, 1.82) is 0 Å². The van der Waals surface area contributed by atoms with Gasteiger partial charge in [-0.1, -0.05) is 23.3 Å². The van der Waals surface area contributed by atoms with E-state index in [0.29, 0.717) is 0 Å². The first kappa shape index (κ1) is 15.8. The third-order valence-electron chi connectivity index (χ3n) is 4.08. The fraction of sp³-hybridized carbons (Fsp3) is 0.500. The molecule has 1 aromatic rings. The van der Waals surface area contributed by atoms with Gasteiger partial charge in [0.2, 0.25) is 0 Å². The number of aliphatic hydroxyl groups excluding tert-OH is 1. The first-order valence-electron chi connectivity index (χ1n) is 7.39. The molecule has 122 valence electrons. The van der Waals surface area contributed by atoms with Crippen LogP contribution < -0.4 is 4.74 Å². The minimum absolute atomic E-state index is 0.418. The highest BCUT2D eigenvalue weighted by Crippen LogP contribution is 2.42. The van der Waals surface area contributed by atoms with Crippen molar-refractivity contribution < 1.29 is 19.3 Å². The number of methoxy groups -OCH3 is 1. The second-order valence-electron chi connectivity index (χ2n) is 6.06. The fourth-order valence-electron chi connectivity index (χ4n) is 3.06. The van der Waals surface area contributed by atoms with Crippen molar-refractivity contribution in [2.45, 2.75) is 44.0 Å². The molecule has 7 heteroatoms. The van der Waals surface area contributed by atoms with Crippen LogP contribution in [0.25, 0.3) is 16.0 Å². The number of nitrogens with zero attached hydrogens (tertiary/aromatic N) is 3. The third kappa shape index (κ3) is 2.92. The molecule has 1 heterocycles. The zero-order chi connectivity index (χ0) is 16.6. The van der Waals surface area contributed by atoms with Gasteiger partial charge in [-0.15, -0.1) is 0 Å². The molecule has 7 nitrogen and oxygen atoms in total. The number of hydrogen-bond acceptors (Lipinski definition) is 5. The van der Waals surface area contributed by atoms with Crippen LogP contribution in [0.5, 0.6) is 5.75 Å². The topological polar surface area (TPSA) is 96.7 Å². The fourth-order valence-corrected chi connectivity index (χ4v) is 3.06. The number of aliphatic hydroxyl groups is 1. The molecule has 0 amide bonds. The van der Waals surface area contributed by atoms with Crippen LogP contribution in [-0.4, -0.2) is 42.4 Å². The van der Waals surface area contributed by atoms with Crippen LogP contribution in [0.15, 0.2) is 35.5 Å².